The van der Waals surface area contributed by atoms with Crippen LogP contribution in [0.15, 0.2) is 48.8 Å². The zero-order valence-electron chi connectivity index (χ0n) is 17.9. The van der Waals surface area contributed by atoms with Crippen LogP contribution in [0.2, 0.25) is 0 Å². The van der Waals surface area contributed by atoms with E-state index in [1.54, 1.807) is 6.20 Å². The SMILES string of the molecule is CC(C)(C)c1ccc(CCC(=O)NCC(c2cccnc2)N2CCOCC2)cc1. The normalized spacial score (nSPS) is 16.4. The number of carbonyl (C=O) groups is 1. The van der Waals surface area contributed by atoms with E-state index >= 15 is 0 Å². The predicted octanol–water partition coefficient (Wildman–Crippen LogP) is 3.50. The van der Waals surface area contributed by atoms with Crippen molar-refractivity contribution in [1.29, 1.82) is 0 Å². The minimum atomic E-state index is 0.0899. The van der Waals surface area contributed by atoms with Crippen molar-refractivity contribution in [2.24, 2.45) is 0 Å². The Bertz CT molecular complexity index is 763. The highest BCUT2D eigenvalue weighted by atomic mass is 16.5. The van der Waals surface area contributed by atoms with E-state index in [-0.39, 0.29) is 17.4 Å². The molecule has 1 amide bonds. The lowest BCUT2D eigenvalue weighted by atomic mass is 9.86. The summed E-state index contributed by atoms with van der Waals surface area (Å²) in [6.45, 7) is 10.4. The van der Waals surface area contributed by atoms with Crippen LogP contribution >= 0.6 is 0 Å². The maximum Gasteiger partial charge on any atom is 0.220 e. The van der Waals surface area contributed by atoms with Gasteiger partial charge >= 0.3 is 0 Å². The van der Waals surface area contributed by atoms with E-state index < -0.39 is 0 Å². The van der Waals surface area contributed by atoms with Crippen molar-refractivity contribution in [2.45, 2.75) is 45.1 Å². The maximum atomic E-state index is 12.5. The highest BCUT2D eigenvalue weighted by molar-refractivity contribution is 5.76. The first kappa shape index (κ1) is 21.5. The Balaban J connectivity index is 1.53. The third-order valence-corrected chi connectivity index (χ3v) is 5.51. The molecule has 1 aromatic heterocycles. The van der Waals surface area contributed by atoms with Crippen molar-refractivity contribution >= 4 is 5.91 Å². The quantitative estimate of drug-likeness (QED) is 0.780. The van der Waals surface area contributed by atoms with Gasteiger partial charge in [0.2, 0.25) is 5.91 Å². The second-order valence-corrected chi connectivity index (χ2v) is 8.70. The Labute approximate surface area is 174 Å². The van der Waals surface area contributed by atoms with Gasteiger partial charge in [-0.1, -0.05) is 51.1 Å². The van der Waals surface area contributed by atoms with E-state index in [1.807, 2.05) is 12.3 Å². The highest BCUT2D eigenvalue weighted by Crippen LogP contribution is 2.23. The van der Waals surface area contributed by atoms with Gasteiger partial charge in [0.1, 0.15) is 0 Å². The number of rotatable bonds is 7. The average molecular weight is 396 g/mol. The Morgan fingerprint density at radius 2 is 1.90 bits per heavy atom. The summed E-state index contributed by atoms with van der Waals surface area (Å²) in [5.41, 5.74) is 3.80. The first-order chi connectivity index (χ1) is 13.9. The van der Waals surface area contributed by atoms with Gasteiger partial charge in [-0.3, -0.25) is 14.7 Å². The third kappa shape index (κ3) is 6.38. The van der Waals surface area contributed by atoms with Crippen LogP contribution in [0, 0.1) is 0 Å². The van der Waals surface area contributed by atoms with Crippen LogP contribution in [0.3, 0.4) is 0 Å². The number of carbonyl (C=O) groups excluding carboxylic acids is 1. The van der Waals surface area contributed by atoms with Crippen LogP contribution in [-0.2, 0) is 21.4 Å². The fourth-order valence-electron chi connectivity index (χ4n) is 3.65. The number of aromatic nitrogens is 1. The number of amides is 1. The largest absolute Gasteiger partial charge is 0.379 e. The molecular formula is C24H33N3O2. The van der Waals surface area contributed by atoms with Crippen molar-refractivity contribution in [3.8, 4) is 0 Å². The lowest BCUT2D eigenvalue weighted by Crippen LogP contribution is -2.43. The second-order valence-electron chi connectivity index (χ2n) is 8.70. The highest BCUT2D eigenvalue weighted by Gasteiger charge is 2.23. The number of nitrogens with zero attached hydrogens (tertiary/aromatic N) is 2. The van der Waals surface area contributed by atoms with Gasteiger partial charge in [0.05, 0.1) is 19.3 Å². The van der Waals surface area contributed by atoms with Gasteiger partial charge in [-0.05, 0) is 34.6 Å². The van der Waals surface area contributed by atoms with E-state index in [0.29, 0.717) is 13.0 Å². The zero-order valence-corrected chi connectivity index (χ0v) is 17.9. The molecule has 29 heavy (non-hydrogen) atoms. The fraction of sp³-hybridized carbons (Fsp3) is 0.500. The molecule has 1 unspecified atom stereocenters. The summed E-state index contributed by atoms with van der Waals surface area (Å²) in [6, 6.07) is 12.8. The van der Waals surface area contributed by atoms with Gasteiger partial charge < -0.3 is 10.1 Å². The van der Waals surface area contributed by atoms with Gasteiger partial charge in [-0.2, -0.15) is 0 Å². The number of benzene rings is 1. The molecule has 1 saturated heterocycles. The third-order valence-electron chi connectivity index (χ3n) is 5.51. The predicted molar refractivity (Wildman–Crippen MR) is 116 cm³/mol. The number of ether oxygens (including phenoxy) is 1. The molecule has 5 nitrogen and oxygen atoms in total. The summed E-state index contributed by atoms with van der Waals surface area (Å²) in [7, 11) is 0. The smallest absolute Gasteiger partial charge is 0.220 e. The van der Waals surface area contributed by atoms with E-state index in [2.05, 4.69) is 66.3 Å². The Morgan fingerprint density at radius 3 is 2.52 bits per heavy atom. The second kappa shape index (κ2) is 9.99. The first-order valence-electron chi connectivity index (χ1n) is 10.5. The van der Waals surface area contributed by atoms with Crippen LogP contribution in [0.5, 0.6) is 0 Å². The monoisotopic (exact) mass is 395 g/mol. The average Bonchev–Trinajstić information content (AvgIpc) is 2.73. The lowest BCUT2D eigenvalue weighted by molar-refractivity contribution is -0.121. The lowest BCUT2D eigenvalue weighted by Gasteiger charge is -2.34. The number of pyridine rings is 1. The van der Waals surface area contributed by atoms with Crippen molar-refractivity contribution in [3.05, 3.63) is 65.5 Å². The van der Waals surface area contributed by atoms with Crippen LogP contribution < -0.4 is 5.32 Å². The molecule has 1 aromatic carbocycles. The van der Waals surface area contributed by atoms with Crippen LogP contribution in [0.25, 0.3) is 0 Å². The van der Waals surface area contributed by atoms with Gasteiger partial charge in [0, 0.05) is 38.4 Å². The molecule has 3 rings (SSSR count). The molecule has 2 aromatic rings. The van der Waals surface area contributed by atoms with Crippen LogP contribution in [-0.4, -0.2) is 48.6 Å². The Morgan fingerprint density at radius 1 is 1.17 bits per heavy atom. The number of aryl methyl sites for hydroxylation is 1. The van der Waals surface area contributed by atoms with Crippen LogP contribution in [0.4, 0.5) is 0 Å². The molecule has 0 radical (unpaired) electrons. The fourth-order valence-corrected chi connectivity index (χ4v) is 3.65. The summed E-state index contributed by atoms with van der Waals surface area (Å²) < 4.78 is 5.48. The van der Waals surface area contributed by atoms with Gasteiger partial charge in [-0.25, -0.2) is 0 Å². The number of hydrogen-bond donors (Lipinski definition) is 1. The topological polar surface area (TPSA) is 54.5 Å². The van der Waals surface area contributed by atoms with Crippen molar-refractivity contribution in [3.63, 3.8) is 0 Å². The van der Waals surface area contributed by atoms with Gasteiger partial charge in [0.25, 0.3) is 0 Å². The molecule has 0 aliphatic carbocycles. The minimum Gasteiger partial charge on any atom is -0.379 e. The molecule has 156 valence electrons. The van der Waals surface area contributed by atoms with Gasteiger partial charge in [-0.15, -0.1) is 0 Å². The summed E-state index contributed by atoms with van der Waals surface area (Å²) in [5.74, 6) is 0.0899. The Hall–Kier alpha value is -2.24. The molecule has 1 atom stereocenters. The van der Waals surface area contributed by atoms with Crippen molar-refractivity contribution < 1.29 is 9.53 Å². The molecule has 0 spiro atoms. The molecule has 5 heteroatoms. The van der Waals surface area contributed by atoms with Crippen molar-refractivity contribution in [1.82, 2.24) is 15.2 Å². The standard InChI is InChI=1S/C24H33N3O2/c1-24(2,3)21-9-6-19(7-10-21)8-11-23(28)26-18-22(20-5-4-12-25-17-20)27-13-15-29-16-14-27/h4-7,9-10,12,17,22H,8,11,13-16,18H2,1-3H3,(H,26,28). The van der Waals surface area contributed by atoms with E-state index in [9.17, 15) is 4.79 Å². The Kier molecular flexibility index (Phi) is 7.40. The molecule has 1 fully saturated rings. The molecule has 1 aliphatic rings. The number of nitrogens with one attached hydrogen (secondary N) is 1. The van der Waals surface area contributed by atoms with Crippen LogP contribution in [0.1, 0.15) is 49.9 Å². The van der Waals surface area contributed by atoms with Gasteiger partial charge in [0.15, 0.2) is 0 Å². The molecule has 1 aliphatic heterocycles. The number of hydrogen-bond acceptors (Lipinski definition) is 4. The summed E-state index contributed by atoms with van der Waals surface area (Å²) in [5, 5.41) is 3.14. The van der Waals surface area contributed by atoms with E-state index in [0.717, 1.165) is 38.3 Å². The summed E-state index contributed by atoms with van der Waals surface area (Å²) >= 11 is 0. The van der Waals surface area contributed by atoms with Crippen molar-refractivity contribution in [2.75, 3.05) is 32.8 Å². The summed E-state index contributed by atoms with van der Waals surface area (Å²) in [6.07, 6.45) is 4.93. The maximum absolute atomic E-state index is 12.5. The molecule has 0 bridgehead atoms. The van der Waals surface area contributed by atoms with E-state index in [4.69, 9.17) is 4.74 Å². The minimum absolute atomic E-state index is 0.0899. The molecule has 2 heterocycles. The molecule has 1 N–H and O–H groups in total. The zero-order chi connectivity index (χ0) is 20.7. The number of morpholine rings is 1. The molecular weight excluding hydrogens is 362 g/mol. The molecule has 0 saturated carbocycles. The first-order valence-corrected chi connectivity index (χ1v) is 10.5. The summed E-state index contributed by atoms with van der Waals surface area (Å²) in [4.78, 5) is 19.1. The van der Waals surface area contributed by atoms with E-state index in [1.165, 1.54) is 11.1 Å².